The second-order valence-corrected chi connectivity index (χ2v) is 9.24. The second-order valence-electron chi connectivity index (χ2n) is 9.24. The van der Waals surface area contributed by atoms with Gasteiger partial charge in [0.1, 0.15) is 29.2 Å². The van der Waals surface area contributed by atoms with E-state index in [2.05, 4.69) is 31.0 Å². The summed E-state index contributed by atoms with van der Waals surface area (Å²) in [5.74, 6) is -1.65. The Morgan fingerprint density at radius 1 is 1.05 bits per heavy atom. The molecule has 14 heteroatoms. The average Bonchev–Trinajstić information content (AvgIpc) is 3.20. The van der Waals surface area contributed by atoms with Crippen LogP contribution in [0, 0.1) is 5.82 Å². The van der Waals surface area contributed by atoms with Gasteiger partial charge in [0.2, 0.25) is 0 Å². The Bertz CT molecular complexity index is 1540. The van der Waals surface area contributed by atoms with Crippen LogP contribution in [0.3, 0.4) is 0 Å². The number of rotatable bonds is 4. The number of amides is 3. The number of nitrogens with zero attached hydrogens (tertiary/aromatic N) is 4. The van der Waals surface area contributed by atoms with Crippen molar-refractivity contribution in [1.29, 1.82) is 0 Å². The minimum absolute atomic E-state index is 0.0559. The normalized spacial score (nSPS) is 11.9. The molecule has 0 bridgehead atoms. The Morgan fingerprint density at radius 2 is 1.79 bits per heavy atom. The van der Waals surface area contributed by atoms with E-state index >= 15 is 4.39 Å². The van der Waals surface area contributed by atoms with E-state index in [0.29, 0.717) is 0 Å². The average molecular weight is 530 g/mol. The highest BCUT2D eigenvalue weighted by Crippen LogP contribution is 2.34. The minimum Gasteiger partial charge on any atom is -0.382 e. The molecule has 0 aliphatic carbocycles. The van der Waals surface area contributed by atoms with Gasteiger partial charge in [0, 0.05) is 17.3 Å². The van der Waals surface area contributed by atoms with Crippen LogP contribution < -0.4 is 21.7 Å². The van der Waals surface area contributed by atoms with E-state index in [1.807, 2.05) is 0 Å². The topological polar surface area (TPSA) is 139 Å². The summed E-state index contributed by atoms with van der Waals surface area (Å²) < 4.78 is 55.0. The highest BCUT2D eigenvalue weighted by Gasteiger charge is 2.32. The summed E-state index contributed by atoms with van der Waals surface area (Å²) in [5, 5.41) is 11.3. The van der Waals surface area contributed by atoms with Gasteiger partial charge >= 0.3 is 12.2 Å². The van der Waals surface area contributed by atoms with Crippen molar-refractivity contribution in [1.82, 2.24) is 24.9 Å². The molecule has 0 saturated carbocycles. The fourth-order valence-electron chi connectivity index (χ4n) is 3.61. The van der Waals surface area contributed by atoms with Crippen molar-refractivity contribution in [3.63, 3.8) is 0 Å². The molecule has 0 fully saturated rings. The van der Waals surface area contributed by atoms with Crippen molar-refractivity contribution in [3.8, 4) is 11.1 Å². The summed E-state index contributed by atoms with van der Waals surface area (Å²) in [6, 6.07) is 5.72. The van der Waals surface area contributed by atoms with E-state index in [-0.39, 0.29) is 39.5 Å². The monoisotopic (exact) mass is 530 g/mol. The number of nitrogens with one attached hydrogen (secondary N) is 3. The zero-order valence-corrected chi connectivity index (χ0v) is 20.3. The summed E-state index contributed by atoms with van der Waals surface area (Å²) in [6.45, 7) is 5.40. The van der Waals surface area contributed by atoms with Gasteiger partial charge in [-0.1, -0.05) is 12.1 Å². The van der Waals surface area contributed by atoms with Crippen molar-refractivity contribution in [2.45, 2.75) is 32.5 Å². The van der Waals surface area contributed by atoms with E-state index < -0.39 is 35.2 Å². The maximum atomic E-state index is 15.1. The molecule has 0 radical (unpaired) electrons. The maximum absolute atomic E-state index is 15.1. The number of hydrogen-bond acceptors (Lipinski definition) is 6. The first kappa shape index (κ1) is 26.3. The van der Waals surface area contributed by atoms with Crippen LogP contribution in [0.2, 0.25) is 0 Å². The molecule has 4 rings (SSSR count). The Morgan fingerprint density at radius 3 is 2.45 bits per heavy atom. The summed E-state index contributed by atoms with van der Waals surface area (Å²) in [7, 11) is 0. The Balaban J connectivity index is 1.64. The summed E-state index contributed by atoms with van der Waals surface area (Å²) in [4.78, 5) is 32.6. The zero-order chi connectivity index (χ0) is 27.8. The number of fused-ring (bicyclic) bond motifs is 1. The molecule has 0 unspecified atom stereocenters. The van der Waals surface area contributed by atoms with Gasteiger partial charge in [-0.25, -0.2) is 23.7 Å². The fourth-order valence-corrected chi connectivity index (χ4v) is 3.61. The summed E-state index contributed by atoms with van der Waals surface area (Å²) >= 11 is 0. The first-order valence-electron chi connectivity index (χ1n) is 11.1. The largest absolute Gasteiger partial charge is 0.433 e. The number of hydrogen-bond donors (Lipinski definition) is 4. The lowest BCUT2D eigenvalue weighted by atomic mass is 10.00. The van der Waals surface area contributed by atoms with Crippen molar-refractivity contribution in [2.75, 3.05) is 16.4 Å². The predicted octanol–water partition coefficient (Wildman–Crippen LogP) is 4.70. The predicted molar refractivity (Wildman–Crippen MR) is 132 cm³/mol. The molecule has 0 aliphatic heterocycles. The summed E-state index contributed by atoms with van der Waals surface area (Å²) in [5.41, 5.74) is 4.97. The molecule has 198 valence electrons. The van der Waals surface area contributed by atoms with Gasteiger partial charge in [-0.15, -0.1) is 0 Å². The molecular weight excluding hydrogens is 508 g/mol. The zero-order valence-electron chi connectivity index (χ0n) is 20.3. The van der Waals surface area contributed by atoms with Crippen LogP contribution in [0.4, 0.5) is 39.7 Å². The van der Waals surface area contributed by atoms with E-state index in [1.165, 1.54) is 29.2 Å². The number of nitrogen functional groups attached to an aromatic ring is 1. The fraction of sp³-hybridized carbons (Fsp3) is 0.208. The van der Waals surface area contributed by atoms with Gasteiger partial charge in [0.15, 0.2) is 5.82 Å². The number of halogens is 4. The number of benzene rings is 1. The molecule has 0 spiro atoms. The molecule has 5 N–H and O–H groups in total. The quantitative estimate of drug-likeness (QED) is 0.282. The van der Waals surface area contributed by atoms with E-state index in [9.17, 15) is 22.8 Å². The molecule has 0 atom stereocenters. The van der Waals surface area contributed by atoms with Crippen molar-refractivity contribution in [2.24, 2.45) is 0 Å². The number of nitrogens with two attached hydrogens (primary N) is 1. The van der Waals surface area contributed by atoms with Crippen LogP contribution in [0.15, 0.2) is 48.9 Å². The number of urea groups is 1. The maximum Gasteiger partial charge on any atom is 0.433 e. The standard InChI is InChI=1S/C24H22F4N8O2/c1-23(2,3)35-21(37)13-10-36-19(20(29)30-11-31-36)18(13)12-7-8-15(14(25)9-12)32-22(38)34-17-6-4-5-16(33-17)24(26,27)28/h4-11H,1-3H3,(H,35,37)(H2,29,30,31)(H2,32,33,34,38). The van der Waals surface area contributed by atoms with Gasteiger partial charge in [-0.3, -0.25) is 10.1 Å². The van der Waals surface area contributed by atoms with Crippen LogP contribution in [-0.4, -0.2) is 37.1 Å². The molecule has 3 aromatic heterocycles. The Labute approximate surface area is 213 Å². The van der Waals surface area contributed by atoms with Gasteiger partial charge in [-0.05, 0) is 50.6 Å². The molecular formula is C24H22F4N8O2. The minimum atomic E-state index is -4.70. The third kappa shape index (κ3) is 5.63. The smallest absolute Gasteiger partial charge is 0.382 e. The molecule has 10 nitrogen and oxygen atoms in total. The van der Waals surface area contributed by atoms with Crippen LogP contribution in [0.25, 0.3) is 16.6 Å². The number of carbonyl (C=O) groups excluding carboxylic acids is 2. The molecule has 38 heavy (non-hydrogen) atoms. The van der Waals surface area contributed by atoms with E-state index in [1.54, 1.807) is 20.8 Å². The molecule has 1 aromatic carbocycles. The lowest BCUT2D eigenvalue weighted by Gasteiger charge is -2.20. The Kier molecular flexibility index (Phi) is 6.65. The lowest BCUT2D eigenvalue weighted by molar-refractivity contribution is -0.141. The molecule has 3 heterocycles. The first-order chi connectivity index (χ1) is 17.7. The van der Waals surface area contributed by atoms with Crippen LogP contribution >= 0.6 is 0 Å². The summed E-state index contributed by atoms with van der Waals surface area (Å²) in [6.07, 6.45) is -2.04. The number of aromatic nitrogens is 4. The number of anilines is 3. The van der Waals surface area contributed by atoms with Gasteiger partial charge in [-0.2, -0.15) is 18.3 Å². The van der Waals surface area contributed by atoms with Gasteiger partial charge in [0.25, 0.3) is 5.91 Å². The second kappa shape index (κ2) is 9.61. The third-order valence-electron chi connectivity index (χ3n) is 5.12. The number of alkyl halides is 3. The first-order valence-corrected chi connectivity index (χ1v) is 11.1. The van der Waals surface area contributed by atoms with Crippen molar-refractivity contribution < 1.29 is 27.2 Å². The van der Waals surface area contributed by atoms with E-state index in [0.717, 1.165) is 24.3 Å². The van der Waals surface area contributed by atoms with Gasteiger partial charge < -0.3 is 16.4 Å². The van der Waals surface area contributed by atoms with Gasteiger partial charge in [0.05, 0.1) is 11.3 Å². The molecule has 0 aliphatic rings. The highest BCUT2D eigenvalue weighted by atomic mass is 19.4. The van der Waals surface area contributed by atoms with Crippen LogP contribution in [0.5, 0.6) is 0 Å². The van der Waals surface area contributed by atoms with Crippen molar-refractivity contribution >= 4 is 34.8 Å². The SMILES string of the molecule is CC(C)(C)NC(=O)c1cn2ncnc(N)c2c1-c1ccc(NC(=O)Nc2cccc(C(F)(F)F)n2)c(F)c1. The molecule has 0 saturated heterocycles. The molecule has 4 aromatic rings. The Hall–Kier alpha value is -4.75. The number of pyridine rings is 1. The molecule has 3 amide bonds. The van der Waals surface area contributed by atoms with Crippen LogP contribution in [0.1, 0.15) is 36.8 Å². The highest BCUT2D eigenvalue weighted by molar-refractivity contribution is 6.07. The third-order valence-corrected chi connectivity index (χ3v) is 5.12. The number of carbonyl (C=O) groups is 2. The van der Waals surface area contributed by atoms with Crippen molar-refractivity contribution in [3.05, 3.63) is 66.0 Å². The van der Waals surface area contributed by atoms with E-state index in [4.69, 9.17) is 5.73 Å². The lowest BCUT2D eigenvalue weighted by Crippen LogP contribution is -2.40. The van der Waals surface area contributed by atoms with Crippen LogP contribution in [-0.2, 0) is 6.18 Å².